The summed E-state index contributed by atoms with van der Waals surface area (Å²) in [5.41, 5.74) is 7.11. The lowest BCUT2D eigenvalue weighted by atomic mass is 10.2. The molecule has 1 radical (unpaired) electrons. The molecule has 0 saturated carbocycles. The van der Waals surface area contributed by atoms with Gasteiger partial charge in [0.2, 0.25) is 0 Å². The Kier molecular flexibility index (Phi) is 2.25. The highest BCUT2D eigenvalue weighted by Crippen LogP contribution is 2.22. The molecule has 5 nitrogen and oxygen atoms in total. The Morgan fingerprint density at radius 1 is 1.58 bits per heavy atom. The zero-order valence-corrected chi connectivity index (χ0v) is 6.15. The zero-order chi connectivity index (χ0) is 9.14. The molecule has 0 amide bonds. The minimum absolute atomic E-state index is 0.0735. The number of benzene rings is 1. The lowest BCUT2D eigenvalue weighted by molar-refractivity contribution is -0.384. The van der Waals surface area contributed by atoms with Gasteiger partial charge in [0.1, 0.15) is 5.75 Å². The lowest BCUT2D eigenvalue weighted by Crippen LogP contribution is -1.91. The molecule has 0 aliphatic rings. The molecule has 0 bridgehead atoms. The van der Waals surface area contributed by atoms with Crippen LogP contribution in [0.25, 0.3) is 0 Å². The van der Waals surface area contributed by atoms with Crippen LogP contribution in [0.2, 0.25) is 0 Å². The van der Waals surface area contributed by atoms with E-state index in [1.807, 2.05) is 0 Å². The van der Waals surface area contributed by atoms with Crippen molar-refractivity contribution in [3.8, 4) is 5.75 Å². The van der Waals surface area contributed by atoms with Crippen molar-refractivity contribution in [1.82, 2.24) is 5.73 Å². The standard InChI is InChI=1S/C7H7N2O3/c8-4-5-3-6(9(11)12)1-2-7(5)10/h1-3,8,10H,4H2. The number of nitro groups is 1. The number of hydrogen-bond acceptors (Lipinski definition) is 3. The Bertz CT molecular complexity index is 312. The molecule has 2 N–H and O–H groups in total. The van der Waals surface area contributed by atoms with E-state index >= 15 is 0 Å². The van der Waals surface area contributed by atoms with Crippen LogP contribution < -0.4 is 5.73 Å². The molecule has 0 spiro atoms. The van der Waals surface area contributed by atoms with Gasteiger partial charge >= 0.3 is 0 Å². The van der Waals surface area contributed by atoms with Gasteiger partial charge in [-0.05, 0) is 6.07 Å². The number of rotatable bonds is 2. The third-order valence-electron chi connectivity index (χ3n) is 1.46. The molecule has 12 heavy (non-hydrogen) atoms. The predicted octanol–water partition coefficient (Wildman–Crippen LogP) is 1.08. The quantitative estimate of drug-likeness (QED) is 0.528. The van der Waals surface area contributed by atoms with E-state index in [1.165, 1.54) is 18.2 Å². The topological polar surface area (TPSA) is 87.2 Å². The summed E-state index contributed by atoms with van der Waals surface area (Å²) in [5.74, 6) is -0.0735. The van der Waals surface area contributed by atoms with Gasteiger partial charge in [0.05, 0.1) is 4.92 Å². The van der Waals surface area contributed by atoms with Gasteiger partial charge in [-0.2, -0.15) is 0 Å². The van der Waals surface area contributed by atoms with E-state index in [0.29, 0.717) is 0 Å². The molecule has 0 aromatic heterocycles. The molecule has 1 rings (SSSR count). The fourth-order valence-electron chi connectivity index (χ4n) is 0.827. The van der Waals surface area contributed by atoms with E-state index in [9.17, 15) is 10.1 Å². The van der Waals surface area contributed by atoms with Crippen LogP contribution in [0.4, 0.5) is 5.69 Å². The minimum Gasteiger partial charge on any atom is -0.508 e. The van der Waals surface area contributed by atoms with E-state index in [-0.39, 0.29) is 23.5 Å². The van der Waals surface area contributed by atoms with Gasteiger partial charge in [-0.3, -0.25) is 15.8 Å². The van der Waals surface area contributed by atoms with Crippen molar-refractivity contribution in [2.24, 2.45) is 0 Å². The van der Waals surface area contributed by atoms with Crippen LogP contribution in [-0.2, 0) is 6.54 Å². The smallest absolute Gasteiger partial charge is 0.270 e. The van der Waals surface area contributed by atoms with Crippen molar-refractivity contribution in [1.29, 1.82) is 0 Å². The van der Waals surface area contributed by atoms with Gasteiger partial charge < -0.3 is 5.11 Å². The van der Waals surface area contributed by atoms with Crippen molar-refractivity contribution in [3.05, 3.63) is 33.9 Å². The summed E-state index contributed by atoms with van der Waals surface area (Å²) in [5, 5.41) is 19.3. The molecule has 1 aromatic carbocycles. The zero-order valence-electron chi connectivity index (χ0n) is 6.15. The number of non-ortho nitro benzene ring substituents is 1. The average molecular weight is 167 g/mol. The Morgan fingerprint density at radius 2 is 2.25 bits per heavy atom. The molecule has 0 aliphatic heterocycles. The summed E-state index contributed by atoms with van der Waals surface area (Å²) in [4.78, 5) is 9.69. The highest BCUT2D eigenvalue weighted by atomic mass is 16.6. The predicted molar refractivity (Wildman–Crippen MR) is 41.6 cm³/mol. The maximum Gasteiger partial charge on any atom is 0.270 e. The van der Waals surface area contributed by atoms with Crippen LogP contribution in [-0.4, -0.2) is 10.0 Å². The van der Waals surface area contributed by atoms with Crippen LogP contribution in [0.1, 0.15) is 5.56 Å². The molecule has 0 fully saturated rings. The van der Waals surface area contributed by atoms with Crippen LogP contribution in [0.15, 0.2) is 18.2 Å². The third kappa shape index (κ3) is 1.51. The molecule has 1 aromatic rings. The van der Waals surface area contributed by atoms with Gasteiger partial charge in [-0.1, -0.05) is 0 Å². The number of phenolic OH excluding ortho intramolecular Hbond substituents is 1. The Balaban J connectivity index is 3.13. The first-order chi connectivity index (χ1) is 5.65. The molecule has 0 aliphatic carbocycles. The molecule has 0 heterocycles. The first-order valence-corrected chi connectivity index (χ1v) is 3.26. The highest BCUT2D eigenvalue weighted by Gasteiger charge is 2.08. The molecule has 0 atom stereocenters. The van der Waals surface area contributed by atoms with Gasteiger partial charge in [0.25, 0.3) is 5.69 Å². The van der Waals surface area contributed by atoms with Crippen LogP contribution in [0, 0.1) is 10.1 Å². The fourth-order valence-corrected chi connectivity index (χ4v) is 0.827. The van der Waals surface area contributed by atoms with Crippen molar-refractivity contribution in [2.75, 3.05) is 0 Å². The number of aromatic hydroxyl groups is 1. The molecule has 63 valence electrons. The Morgan fingerprint density at radius 3 is 2.75 bits per heavy atom. The van der Waals surface area contributed by atoms with Crippen molar-refractivity contribution in [2.45, 2.75) is 6.54 Å². The van der Waals surface area contributed by atoms with Crippen LogP contribution >= 0.6 is 0 Å². The number of phenols is 1. The summed E-state index contributed by atoms with van der Waals surface area (Å²) < 4.78 is 0. The molecule has 0 unspecified atom stereocenters. The maximum atomic E-state index is 10.2. The second-order valence-corrected chi connectivity index (χ2v) is 2.25. The van der Waals surface area contributed by atoms with E-state index < -0.39 is 4.92 Å². The van der Waals surface area contributed by atoms with Gasteiger partial charge in [-0.25, -0.2) is 0 Å². The summed E-state index contributed by atoms with van der Waals surface area (Å²) in [6.07, 6.45) is 0. The fraction of sp³-hybridized carbons (Fsp3) is 0.143. The molecular formula is C7H7N2O3. The van der Waals surface area contributed by atoms with Crippen molar-refractivity contribution in [3.63, 3.8) is 0 Å². The third-order valence-corrected chi connectivity index (χ3v) is 1.46. The van der Waals surface area contributed by atoms with Crippen molar-refractivity contribution < 1.29 is 10.0 Å². The lowest BCUT2D eigenvalue weighted by Gasteiger charge is -1.99. The number of hydrogen-bond donors (Lipinski definition) is 1. The summed E-state index contributed by atoms with van der Waals surface area (Å²) >= 11 is 0. The normalized spacial score (nSPS) is 9.75. The first-order valence-electron chi connectivity index (χ1n) is 3.26. The van der Waals surface area contributed by atoms with Crippen LogP contribution in [0.3, 0.4) is 0 Å². The second-order valence-electron chi connectivity index (χ2n) is 2.25. The van der Waals surface area contributed by atoms with Crippen LogP contribution in [0.5, 0.6) is 5.75 Å². The van der Waals surface area contributed by atoms with Gasteiger partial charge in [-0.15, -0.1) is 0 Å². The number of nitrogens with zero attached hydrogens (tertiary/aromatic N) is 1. The van der Waals surface area contributed by atoms with E-state index in [1.54, 1.807) is 0 Å². The van der Waals surface area contributed by atoms with Gasteiger partial charge in [0.15, 0.2) is 0 Å². The van der Waals surface area contributed by atoms with E-state index in [2.05, 4.69) is 0 Å². The first kappa shape index (κ1) is 8.48. The Labute approximate surface area is 68.6 Å². The maximum absolute atomic E-state index is 10.2. The second kappa shape index (κ2) is 3.19. The Hall–Kier alpha value is -1.62. The highest BCUT2D eigenvalue weighted by molar-refractivity contribution is 5.42. The summed E-state index contributed by atoms with van der Waals surface area (Å²) in [6.45, 7) is -0.159. The largest absolute Gasteiger partial charge is 0.508 e. The van der Waals surface area contributed by atoms with E-state index in [4.69, 9.17) is 10.8 Å². The van der Waals surface area contributed by atoms with Gasteiger partial charge in [0, 0.05) is 24.2 Å². The molecular weight excluding hydrogens is 160 g/mol. The summed E-state index contributed by atoms with van der Waals surface area (Å²) in [7, 11) is 0. The number of nitrogens with one attached hydrogen (secondary N) is 1. The molecule has 5 heteroatoms. The monoisotopic (exact) mass is 167 g/mol. The van der Waals surface area contributed by atoms with E-state index in [0.717, 1.165) is 0 Å². The average Bonchev–Trinajstić information content (AvgIpc) is 2.05. The summed E-state index contributed by atoms with van der Waals surface area (Å²) in [6, 6.07) is 3.62. The molecule has 0 saturated heterocycles. The van der Waals surface area contributed by atoms with Crippen molar-refractivity contribution >= 4 is 5.69 Å². The number of nitro benzene ring substituents is 1. The SMILES string of the molecule is [NH]Cc1cc([N+](=O)[O-])ccc1O. The minimum atomic E-state index is -0.557.